The lowest BCUT2D eigenvalue weighted by Gasteiger charge is -2.04. The van der Waals surface area contributed by atoms with Gasteiger partial charge < -0.3 is 10.1 Å². The van der Waals surface area contributed by atoms with E-state index in [0.717, 1.165) is 12.6 Å². The lowest BCUT2D eigenvalue weighted by atomic mass is 10.2. The maximum absolute atomic E-state index is 11.4. The smallest absolute Gasteiger partial charge is 0.235 e. The molecule has 0 aliphatic rings. The highest BCUT2D eigenvalue weighted by Crippen LogP contribution is 2.20. The number of rotatable bonds is 7. The summed E-state index contributed by atoms with van der Waals surface area (Å²) in [6.45, 7) is 0. The second kappa shape index (κ2) is 7.92. The van der Waals surface area contributed by atoms with Crippen molar-refractivity contribution in [3.63, 3.8) is 0 Å². The molecule has 0 bridgehead atoms. The molecule has 0 atom stereocenters. The summed E-state index contributed by atoms with van der Waals surface area (Å²) >= 11 is 0. The topological polar surface area (TPSA) is 63.2 Å². The van der Waals surface area contributed by atoms with E-state index in [1.54, 1.807) is 24.3 Å². The quantitative estimate of drug-likeness (QED) is 0.466. The molecule has 1 amide bonds. The molecule has 0 aliphatic heterocycles. The van der Waals surface area contributed by atoms with Gasteiger partial charge in [-0.25, -0.2) is 0 Å². The number of anilines is 1. The third-order valence-electron chi connectivity index (χ3n) is 1.74. The van der Waals surface area contributed by atoms with Crippen molar-refractivity contribution in [2.45, 2.75) is 0 Å². The van der Waals surface area contributed by atoms with Gasteiger partial charge in [-0.1, -0.05) is 21.6 Å². The minimum atomic E-state index is -0.132. The van der Waals surface area contributed by atoms with E-state index >= 15 is 0 Å². The summed E-state index contributed by atoms with van der Waals surface area (Å²) in [6.07, 6.45) is 1.55. The highest BCUT2D eigenvalue weighted by Gasteiger charge is 2.02. The fraction of sp³-hybridized carbons (Fsp3) is 0.182. The number of carbonyl (C=O) groups is 3. The fourth-order valence-corrected chi connectivity index (χ4v) is 2.45. The van der Waals surface area contributed by atoms with Crippen LogP contribution in [0.15, 0.2) is 24.3 Å². The van der Waals surface area contributed by atoms with Gasteiger partial charge in [0, 0.05) is 11.3 Å². The van der Waals surface area contributed by atoms with Crippen LogP contribution in [-0.4, -0.2) is 30.0 Å². The normalized spacial score (nSPS) is 9.65. The third-order valence-corrected chi connectivity index (χ3v) is 3.82. The van der Waals surface area contributed by atoms with Crippen LogP contribution in [0.2, 0.25) is 0 Å². The molecule has 17 heavy (non-hydrogen) atoms. The maximum Gasteiger partial charge on any atom is 0.235 e. The molecular formula is C11H11NO3S2. The fourth-order valence-electron chi connectivity index (χ4n) is 1.01. The lowest BCUT2D eigenvalue weighted by Crippen LogP contribution is -2.13. The van der Waals surface area contributed by atoms with Gasteiger partial charge in [-0.05, 0) is 24.3 Å². The van der Waals surface area contributed by atoms with Crippen LogP contribution in [0.4, 0.5) is 5.69 Å². The molecule has 0 saturated carbocycles. The van der Waals surface area contributed by atoms with Crippen molar-refractivity contribution in [2.24, 2.45) is 0 Å². The van der Waals surface area contributed by atoms with Crippen LogP contribution in [-0.2, 0) is 9.59 Å². The van der Waals surface area contributed by atoms with E-state index in [4.69, 9.17) is 0 Å². The molecule has 1 N–H and O–H groups in total. The summed E-state index contributed by atoms with van der Waals surface area (Å²) in [4.78, 5) is 31.9. The maximum atomic E-state index is 11.4. The first-order valence-electron chi connectivity index (χ1n) is 4.79. The van der Waals surface area contributed by atoms with E-state index < -0.39 is 0 Å². The molecule has 0 heterocycles. The zero-order chi connectivity index (χ0) is 12.5. The standard InChI is InChI=1S/C11H11NO3S2/c13-5-6-16-17-8-11(15)12-10-3-1-9(7-14)2-4-10/h1-5,7H,6,8H2,(H,12,15). The molecule has 0 radical (unpaired) electrons. The largest absolute Gasteiger partial charge is 0.325 e. The van der Waals surface area contributed by atoms with Crippen LogP contribution in [0.25, 0.3) is 0 Å². The summed E-state index contributed by atoms with van der Waals surface area (Å²) in [5, 5.41) is 2.69. The van der Waals surface area contributed by atoms with E-state index in [-0.39, 0.29) is 11.7 Å². The summed E-state index contributed by atoms with van der Waals surface area (Å²) < 4.78 is 0. The van der Waals surface area contributed by atoms with E-state index in [0.29, 0.717) is 17.0 Å². The van der Waals surface area contributed by atoms with E-state index in [9.17, 15) is 14.4 Å². The number of amides is 1. The summed E-state index contributed by atoms with van der Waals surface area (Å²) in [6, 6.07) is 6.61. The average molecular weight is 269 g/mol. The Labute approximate surface area is 107 Å². The Hall–Kier alpha value is -1.27. The summed E-state index contributed by atoms with van der Waals surface area (Å²) in [5.74, 6) is 0.534. The zero-order valence-corrected chi connectivity index (χ0v) is 10.6. The van der Waals surface area contributed by atoms with Crippen LogP contribution in [0.5, 0.6) is 0 Å². The number of carbonyl (C=O) groups excluding carboxylic acids is 3. The number of nitrogens with one attached hydrogen (secondary N) is 1. The second-order valence-corrected chi connectivity index (χ2v) is 5.51. The predicted molar refractivity (Wildman–Crippen MR) is 71.4 cm³/mol. The van der Waals surface area contributed by atoms with Gasteiger partial charge in [0.1, 0.15) is 12.6 Å². The SMILES string of the molecule is O=CCSSCC(=O)Nc1ccc(C=O)cc1. The van der Waals surface area contributed by atoms with Crippen molar-refractivity contribution in [1.29, 1.82) is 0 Å². The number of hydrogen-bond acceptors (Lipinski definition) is 5. The van der Waals surface area contributed by atoms with Crippen LogP contribution >= 0.6 is 21.6 Å². The van der Waals surface area contributed by atoms with Crippen molar-refractivity contribution >= 4 is 45.8 Å². The minimum Gasteiger partial charge on any atom is -0.325 e. The first-order valence-corrected chi connectivity index (χ1v) is 7.28. The van der Waals surface area contributed by atoms with E-state index in [2.05, 4.69) is 5.32 Å². The van der Waals surface area contributed by atoms with Gasteiger partial charge in [0.25, 0.3) is 0 Å². The first-order chi connectivity index (χ1) is 8.26. The van der Waals surface area contributed by atoms with Gasteiger partial charge in [-0.2, -0.15) is 0 Å². The Morgan fingerprint density at radius 1 is 1.18 bits per heavy atom. The van der Waals surface area contributed by atoms with Crippen LogP contribution in [0, 0.1) is 0 Å². The highest BCUT2D eigenvalue weighted by molar-refractivity contribution is 8.77. The molecule has 0 aliphatic carbocycles. The Morgan fingerprint density at radius 2 is 1.88 bits per heavy atom. The molecule has 0 unspecified atom stereocenters. The number of aldehydes is 2. The molecule has 1 aromatic carbocycles. The monoisotopic (exact) mass is 269 g/mol. The van der Waals surface area contributed by atoms with Gasteiger partial charge in [0.05, 0.1) is 11.5 Å². The summed E-state index contributed by atoms with van der Waals surface area (Å²) in [7, 11) is 2.67. The van der Waals surface area contributed by atoms with Gasteiger partial charge >= 0.3 is 0 Å². The van der Waals surface area contributed by atoms with Crippen LogP contribution < -0.4 is 5.32 Å². The molecule has 0 spiro atoms. The molecule has 1 aromatic rings. The van der Waals surface area contributed by atoms with Gasteiger partial charge in [-0.15, -0.1) is 0 Å². The van der Waals surface area contributed by atoms with Crippen molar-refractivity contribution < 1.29 is 14.4 Å². The van der Waals surface area contributed by atoms with Crippen LogP contribution in [0.3, 0.4) is 0 Å². The molecule has 1 rings (SSSR count). The Morgan fingerprint density at radius 3 is 2.47 bits per heavy atom. The molecule has 90 valence electrons. The summed E-state index contributed by atoms with van der Waals surface area (Å²) in [5.41, 5.74) is 1.22. The Balaban J connectivity index is 2.34. The van der Waals surface area contributed by atoms with Crippen molar-refractivity contribution in [1.82, 2.24) is 0 Å². The van der Waals surface area contributed by atoms with Gasteiger partial charge in [-0.3, -0.25) is 9.59 Å². The van der Waals surface area contributed by atoms with Crippen molar-refractivity contribution in [2.75, 3.05) is 16.8 Å². The third kappa shape index (κ3) is 5.55. The molecule has 4 nitrogen and oxygen atoms in total. The number of hydrogen-bond donors (Lipinski definition) is 1. The molecule has 0 aromatic heterocycles. The number of benzene rings is 1. The van der Waals surface area contributed by atoms with Crippen molar-refractivity contribution in [3.8, 4) is 0 Å². The Bertz CT molecular complexity index is 392. The van der Waals surface area contributed by atoms with Gasteiger partial charge in [0.15, 0.2) is 0 Å². The molecular weight excluding hydrogens is 258 g/mol. The average Bonchev–Trinajstić information content (AvgIpc) is 2.36. The van der Waals surface area contributed by atoms with Gasteiger partial charge in [0.2, 0.25) is 5.91 Å². The molecule has 6 heteroatoms. The molecule has 0 saturated heterocycles. The van der Waals surface area contributed by atoms with E-state index in [1.165, 1.54) is 21.6 Å². The Kier molecular flexibility index (Phi) is 6.42. The van der Waals surface area contributed by atoms with Crippen molar-refractivity contribution in [3.05, 3.63) is 29.8 Å². The predicted octanol–water partition coefficient (Wildman–Crippen LogP) is 2.02. The minimum absolute atomic E-state index is 0.132. The van der Waals surface area contributed by atoms with Crippen LogP contribution in [0.1, 0.15) is 10.4 Å². The molecule has 0 fully saturated rings. The highest BCUT2D eigenvalue weighted by atomic mass is 33.1. The zero-order valence-electron chi connectivity index (χ0n) is 8.92. The second-order valence-electron chi connectivity index (χ2n) is 3.00. The first kappa shape index (κ1) is 13.8. The lowest BCUT2D eigenvalue weighted by molar-refractivity contribution is -0.113. The van der Waals surface area contributed by atoms with E-state index in [1.807, 2.05) is 0 Å².